The molecule has 1 fully saturated rings. The van der Waals surface area contributed by atoms with Crippen molar-refractivity contribution in [3.63, 3.8) is 0 Å². The normalized spacial score (nSPS) is 14.9. The first-order valence-electron chi connectivity index (χ1n) is 9.88. The van der Waals surface area contributed by atoms with E-state index in [2.05, 4.69) is 50.2 Å². The molecule has 0 saturated carbocycles. The van der Waals surface area contributed by atoms with Gasteiger partial charge in [-0.2, -0.15) is 0 Å². The number of carbonyl (C=O) groups is 1. The molecule has 3 rings (SSSR count). The Morgan fingerprint density at radius 3 is 1.72 bits per heavy atom. The van der Waals surface area contributed by atoms with Crippen LogP contribution >= 0.6 is 23.5 Å². The van der Waals surface area contributed by atoms with Crippen molar-refractivity contribution >= 4 is 29.8 Å². The Kier molecular flexibility index (Phi) is 9.76. The molecule has 0 radical (unpaired) electrons. The molecule has 0 spiro atoms. The lowest BCUT2D eigenvalue weighted by Crippen LogP contribution is -2.33. The number of rotatable bonds is 8. The van der Waals surface area contributed by atoms with Gasteiger partial charge in [0.25, 0.3) is 0 Å². The Balaban J connectivity index is 0.000000212. The molecule has 0 amide bonds. The minimum Gasteiger partial charge on any atom is -0.349 e. The van der Waals surface area contributed by atoms with Crippen LogP contribution in [0.5, 0.6) is 0 Å². The summed E-state index contributed by atoms with van der Waals surface area (Å²) in [6.45, 7) is 9.67. The molecule has 0 aliphatic carbocycles. The van der Waals surface area contributed by atoms with Crippen molar-refractivity contribution in [1.29, 1.82) is 0 Å². The first-order valence-corrected chi connectivity index (χ1v) is 11.8. The van der Waals surface area contributed by atoms with Crippen LogP contribution in [0, 0.1) is 0 Å². The molecule has 1 aliphatic heterocycles. The number of carbonyl (C=O) groups excluding carboxylic acids is 1. The van der Waals surface area contributed by atoms with Gasteiger partial charge in [-0.25, -0.2) is 0 Å². The van der Waals surface area contributed by atoms with Gasteiger partial charge in [0.15, 0.2) is 6.29 Å². The zero-order valence-electron chi connectivity index (χ0n) is 17.8. The van der Waals surface area contributed by atoms with E-state index in [1.807, 2.05) is 49.9 Å². The maximum Gasteiger partial charge on any atom is 0.171 e. The first kappa shape index (κ1) is 24.0. The maximum absolute atomic E-state index is 10.6. The van der Waals surface area contributed by atoms with Gasteiger partial charge in [-0.3, -0.25) is 0 Å². The highest BCUT2D eigenvalue weighted by atomic mass is 32.2. The van der Waals surface area contributed by atoms with Crippen LogP contribution in [0.25, 0.3) is 0 Å². The van der Waals surface area contributed by atoms with Crippen molar-refractivity contribution in [3.8, 4) is 0 Å². The van der Waals surface area contributed by atoms with Crippen LogP contribution in [0.2, 0.25) is 0 Å². The van der Waals surface area contributed by atoms with Gasteiger partial charge in [-0.15, -0.1) is 23.5 Å². The molecule has 0 N–H and O–H groups in total. The number of thioether (sulfide) groups is 2. The summed E-state index contributed by atoms with van der Waals surface area (Å²) in [6.07, 6.45) is 0.932. The summed E-state index contributed by atoms with van der Waals surface area (Å²) in [6, 6.07) is 20.7. The lowest BCUT2D eigenvalue weighted by Gasteiger charge is -2.29. The van der Waals surface area contributed by atoms with Crippen LogP contribution in [0.3, 0.4) is 0 Å². The smallest absolute Gasteiger partial charge is 0.171 e. The van der Waals surface area contributed by atoms with E-state index in [4.69, 9.17) is 9.47 Å². The summed E-state index contributed by atoms with van der Waals surface area (Å²) in [4.78, 5) is 10.6. The van der Waals surface area contributed by atoms with Gasteiger partial charge in [0.1, 0.15) is 6.29 Å². The summed E-state index contributed by atoms with van der Waals surface area (Å²) in [5.41, 5.74) is 2.61. The second kappa shape index (κ2) is 11.8. The predicted octanol–water partition coefficient (Wildman–Crippen LogP) is 5.97. The fraction of sp³-hybridized carbons (Fsp3) is 0.458. The average molecular weight is 433 g/mol. The van der Waals surface area contributed by atoms with E-state index >= 15 is 0 Å². The second-order valence-electron chi connectivity index (χ2n) is 7.95. The summed E-state index contributed by atoms with van der Waals surface area (Å²) < 4.78 is 10.9. The van der Waals surface area contributed by atoms with Crippen molar-refractivity contribution < 1.29 is 14.3 Å². The van der Waals surface area contributed by atoms with Gasteiger partial charge < -0.3 is 14.3 Å². The molecule has 0 bridgehead atoms. The van der Waals surface area contributed by atoms with E-state index in [0.717, 1.165) is 31.0 Å². The van der Waals surface area contributed by atoms with Gasteiger partial charge in [-0.1, -0.05) is 60.7 Å². The molecular formula is C24H32O3S2. The van der Waals surface area contributed by atoms with Gasteiger partial charge in [0, 0.05) is 11.5 Å². The van der Waals surface area contributed by atoms with Gasteiger partial charge in [0.2, 0.25) is 0 Å². The van der Waals surface area contributed by atoms with Crippen molar-refractivity contribution in [2.24, 2.45) is 0 Å². The molecule has 29 heavy (non-hydrogen) atoms. The third-order valence-electron chi connectivity index (χ3n) is 4.38. The minimum atomic E-state index is -0.268. The van der Waals surface area contributed by atoms with Crippen LogP contribution in [0.15, 0.2) is 60.7 Å². The highest BCUT2D eigenvalue weighted by molar-refractivity contribution is 8.00. The third-order valence-corrected chi connectivity index (χ3v) is 7.11. The summed E-state index contributed by atoms with van der Waals surface area (Å²) >= 11 is 3.54. The zero-order chi connectivity index (χ0) is 21.2. The van der Waals surface area contributed by atoms with Crippen molar-refractivity contribution in [2.75, 3.05) is 13.2 Å². The van der Waals surface area contributed by atoms with Crippen LogP contribution in [0.4, 0.5) is 0 Å². The molecule has 1 aliphatic rings. The van der Waals surface area contributed by atoms with Crippen LogP contribution in [0.1, 0.15) is 38.8 Å². The average Bonchev–Trinajstić information content (AvgIpc) is 3.29. The topological polar surface area (TPSA) is 35.5 Å². The van der Waals surface area contributed by atoms with E-state index in [-0.39, 0.29) is 15.8 Å². The molecule has 1 saturated heterocycles. The molecule has 2 aromatic carbocycles. The minimum absolute atomic E-state index is 0.00629. The Bertz CT molecular complexity index is 711. The molecule has 0 unspecified atom stereocenters. The Hall–Kier alpha value is -1.27. The first-order chi connectivity index (χ1) is 13.8. The molecular weight excluding hydrogens is 400 g/mol. The van der Waals surface area contributed by atoms with E-state index < -0.39 is 0 Å². The highest BCUT2D eigenvalue weighted by Gasteiger charge is 2.34. The zero-order valence-corrected chi connectivity index (χ0v) is 19.4. The highest BCUT2D eigenvalue weighted by Crippen LogP contribution is 2.34. The molecule has 1 heterocycles. The fourth-order valence-corrected chi connectivity index (χ4v) is 4.35. The molecule has 158 valence electrons. The van der Waals surface area contributed by atoms with Crippen LogP contribution < -0.4 is 0 Å². The Morgan fingerprint density at radius 1 is 0.828 bits per heavy atom. The quantitative estimate of drug-likeness (QED) is 0.480. The summed E-state index contributed by atoms with van der Waals surface area (Å²) in [7, 11) is 0. The largest absolute Gasteiger partial charge is 0.349 e. The predicted molar refractivity (Wildman–Crippen MR) is 125 cm³/mol. The van der Waals surface area contributed by atoms with E-state index in [1.54, 1.807) is 11.8 Å². The molecule has 2 aromatic rings. The molecule has 0 aromatic heterocycles. The van der Waals surface area contributed by atoms with E-state index in [9.17, 15) is 4.79 Å². The van der Waals surface area contributed by atoms with Crippen molar-refractivity contribution in [3.05, 3.63) is 71.8 Å². The number of benzene rings is 2. The molecule has 0 atom stereocenters. The lowest BCUT2D eigenvalue weighted by molar-refractivity contribution is -0.109. The maximum atomic E-state index is 10.6. The fourth-order valence-electron chi connectivity index (χ4n) is 2.55. The summed E-state index contributed by atoms with van der Waals surface area (Å²) in [5.74, 6) is 1.89. The van der Waals surface area contributed by atoms with Crippen LogP contribution in [-0.2, 0) is 25.8 Å². The Morgan fingerprint density at radius 2 is 1.28 bits per heavy atom. The van der Waals surface area contributed by atoms with Gasteiger partial charge in [0.05, 0.1) is 22.7 Å². The number of aldehydes is 1. The monoisotopic (exact) mass is 432 g/mol. The number of hydrogen-bond donors (Lipinski definition) is 0. The van der Waals surface area contributed by atoms with Crippen molar-refractivity contribution in [2.45, 2.75) is 55.0 Å². The van der Waals surface area contributed by atoms with Gasteiger partial charge in [-0.05, 0) is 38.8 Å². The summed E-state index contributed by atoms with van der Waals surface area (Å²) in [5, 5.41) is 0. The lowest BCUT2D eigenvalue weighted by atomic mass is 10.2. The molecule has 3 nitrogen and oxygen atoms in total. The van der Waals surface area contributed by atoms with E-state index in [0.29, 0.717) is 0 Å². The van der Waals surface area contributed by atoms with Crippen LogP contribution in [-0.4, -0.2) is 35.3 Å². The van der Waals surface area contributed by atoms with E-state index in [1.165, 1.54) is 11.1 Å². The van der Waals surface area contributed by atoms with Crippen molar-refractivity contribution in [1.82, 2.24) is 0 Å². The molecule has 5 heteroatoms. The Labute approximate surface area is 184 Å². The standard InChI is InChI=1S/C13H18O2S.C11H14OS/c1-13(2,12-14-8-9-15-12)16-10-11-6-4-3-5-7-11;1-11(2,9-12)13-8-10-6-4-3-5-7-10/h3-7,12H,8-10H2,1-2H3;3-7,9H,8H2,1-2H3. The number of hydrogen-bond acceptors (Lipinski definition) is 5. The SMILES string of the molecule is CC(C)(C=O)SCc1ccccc1.CC(C)(SCc1ccccc1)C1OCCO1. The number of ether oxygens (including phenoxy) is 2. The van der Waals surface area contributed by atoms with Gasteiger partial charge >= 0.3 is 0 Å². The third kappa shape index (κ3) is 8.95. The second-order valence-corrected chi connectivity index (χ2v) is 11.2.